The number of carbonyl (C=O) groups is 3. The molecule has 1 aromatic heterocycles. The number of anilines is 1. The number of hydrogen-bond donors (Lipinski definition) is 3. The molecule has 1 fully saturated rings. The molecule has 0 saturated heterocycles. The van der Waals surface area contributed by atoms with Crippen molar-refractivity contribution in [2.24, 2.45) is 5.92 Å². The van der Waals surface area contributed by atoms with Crippen LogP contribution >= 0.6 is 0 Å². The Hall–Kier alpha value is -3.56. The molecule has 0 unspecified atom stereocenters. The van der Waals surface area contributed by atoms with E-state index in [2.05, 4.69) is 20.9 Å². The lowest BCUT2D eigenvalue weighted by molar-refractivity contribution is -0.126. The summed E-state index contributed by atoms with van der Waals surface area (Å²) in [6, 6.07) is 4.93. The van der Waals surface area contributed by atoms with Gasteiger partial charge in [0, 0.05) is 36.1 Å². The van der Waals surface area contributed by atoms with Gasteiger partial charge in [-0.05, 0) is 37.5 Å². The molecule has 1 aliphatic rings. The molecule has 0 radical (unpaired) electrons. The number of nitrogens with one attached hydrogen (secondary N) is 3. The molecule has 10 heteroatoms. The molecule has 3 rings (SSSR count). The lowest BCUT2D eigenvalue weighted by Gasteiger charge is -2.29. The Balaban J connectivity index is 1.67. The highest BCUT2D eigenvalue weighted by Gasteiger charge is 2.28. The Bertz CT molecular complexity index is 1050. The SMILES string of the molecule is COc1cc(F)ccc1-c1cc(NC(=O)[C@H]2CCC[C@@H](NC(=O)CNC(C)=O)C2)ncc1F. The van der Waals surface area contributed by atoms with Gasteiger partial charge in [-0.25, -0.2) is 13.8 Å². The molecule has 2 aromatic rings. The third-order valence-electron chi connectivity index (χ3n) is 5.47. The first-order chi connectivity index (χ1) is 15.8. The van der Waals surface area contributed by atoms with E-state index >= 15 is 0 Å². The molecule has 2 atom stereocenters. The zero-order valence-corrected chi connectivity index (χ0v) is 18.4. The number of pyridine rings is 1. The number of rotatable bonds is 7. The van der Waals surface area contributed by atoms with E-state index in [1.54, 1.807) is 0 Å². The van der Waals surface area contributed by atoms with E-state index in [0.717, 1.165) is 25.1 Å². The van der Waals surface area contributed by atoms with Crippen molar-refractivity contribution in [1.29, 1.82) is 0 Å². The summed E-state index contributed by atoms with van der Waals surface area (Å²) in [6.45, 7) is 1.22. The van der Waals surface area contributed by atoms with E-state index in [0.29, 0.717) is 18.4 Å². The van der Waals surface area contributed by atoms with Crippen LogP contribution in [0.2, 0.25) is 0 Å². The van der Waals surface area contributed by atoms with Crippen molar-refractivity contribution in [3.63, 3.8) is 0 Å². The van der Waals surface area contributed by atoms with Gasteiger partial charge in [-0.3, -0.25) is 14.4 Å². The highest BCUT2D eigenvalue weighted by atomic mass is 19.1. The van der Waals surface area contributed by atoms with Gasteiger partial charge in [0.2, 0.25) is 17.7 Å². The van der Waals surface area contributed by atoms with Crippen LogP contribution in [-0.4, -0.2) is 42.4 Å². The van der Waals surface area contributed by atoms with Crippen LogP contribution in [0.5, 0.6) is 5.75 Å². The quantitative estimate of drug-likeness (QED) is 0.589. The Kier molecular flexibility index (Phi) is 7.92. The molecule has 0 spiro atoms. The zero-order valence-electron chi connectivity index (χ0n) is 18.4. The molecule has 3 N–H and O–H groups in total. The van der Waals surface area contributed by atoms with Crippen molar-refractivity contribution in [3.8, 4) is 16.9 Å². The molecule has 1 aliphatic carbocycles. The van der Waals surface area contributed by atoms with Gasteiger partial charge in [0.1, 0.15) is 23.2 Å². The number of amides is 3. The summed E-state index contributed by atoms with van der Waals surface area (Å²) in [5.74, 6) is -2.11. The molecule has 8 nitrogen and oxygen atoms in total. The fourth-order valence-corrected chi connectivity index (χ4v) is 3.87. The highest BCUT2D eigenvalue weighted by molar-refractivity contribution is 5.92. The number of benzene rings is 1. The molecule has 3 amide bonds. The van der Waals surface area contributed by atoms with Gasteiger partial charge in [0.15, 0.2) is 0 Å². The number of nitrogens with zero attached hydrogens (tertiary/aromatic N) is 1. The first-order valence-corrected chi connectivity index (χ1v) is 10.6. The minimum atomic E-state index is -0.641. The number of halogens is 2. The standard InChI is InChI=1S/C23H26F2N4O4/c1-13(30)26-12-22(31)28-16-5-3-4-14(8-16)23(32)29-21-10-18(19(25)11-27-21)17-7-6-15(24)9-20(17)33-2/h6-7,9-11,14,16H,3-5,8,12H2,1-2H3,(H,26,30)(H,28,31)(H,27,29,32)/t14-,16+/m0/s1. The summed E-state index contributed by atoms with van der Waals surface area (Å²) >= 11 is 0. The van der Waals surface area contributed by atoms with Gasteiger partial charge in [-0.2, -0.15) is 0 Å². The van der Waals surface area contributed by atoms with Crippen LogP contribution in [0.25, 0.3) is 11.1 Å². The van der Waals surface area contributed by atoms with Crippen LogP contribution < -0.4 is 20.7 Å². The van der Waals surface area contributed by atoms with Gasteiger partial charge < -0.3 is 20.7 Å². The Morgan fingerprint density at radius 2 is 1.94 bits per heavy atom. The second-order valence-corrected chi connectivity index (χ2v) is 7.92. The second kappa shape index (κ2) is 10.8. The number of methoxy groups -OCH3 is 1. The summed E-state index contributed by atoms with van der Waals surface area (Å²) in [4.78, 5) is 39.7. The van der Waals surface area contributed by atoms with Crippen LogP contribution in [0.1, 0.15) is 32.6 Å². The highest BCUT2D eigenvalue weighted by Crippen LogP contribution is 2.33. The smallest absolute Gasteiger partial charge is 0.239 e. The summed E-state index contributed by atoms with van der Waals surface area (Å²) < 4.78 is 33.1. The molecular formula is C23H26F2N4O4. The largest absolute Gasteiger partial charge is 0.496 e. The van der Waals surface area contributed by atoms with Gasteiger partial charge in [-0.15, -0.1) is 0 Å². The predicted molar refractivity (Wildman–Crippen MR) is 117 cm³/mol. The van der Waals surface area contributed by atoms with E-state index in [1.807, 2.05) is 0 Å². The summed E-state index contributed by atoms with van der Waals surface area (Å²) in [5, 5.41) is 7.98. The van der Waals surface area contributed by atoms with Crippen LogP contribution in [-0.2, 0) is 14.4 Å². The molecule has 0 bridgehead atoms. The van der Waals surface area contributed by atoms with Crippen molar-refractivity contribution in [1.82, 2.24) is 15.6 Å². The number of hydrogen-bond acceptors (Lipinski definition) is 5. The second-order valence-electron chi connectivity index (χ2n) is 7.92. The van der Waals surface area contributed by atoms with Crippen molar-refractivity contribution in [3.05, 3.63) is 42.1 Å². The summed E-state index contributed by atoms with van der Waals surface area (Å²) in [7, 11) is 1.36. The van der Waals surface area contributed by atoms with Crippen LogP contribution in [0.4, 0.5) is 14.6 Å². The van der Waals surface area contributed by atoms with Crippen LogP contribution in [0.3, 0.4) is 0 Å². The van der Waals surface area contributed by atoms with Crippen molar-refractivity contribution < 1.29 is 27.9 Å². The van der Waals surface area contributed by atoms with Crippen LogP contribution in [0.15, 0.2) is 30.5 Å². The molecule has 1 saturated carbocycles. The van der Waals surface area contributed by atoms with Crippen molar-refractivity contribution in [2.45, 2.75) is 38.6 Å². The van der Waals surface area contributed by atoms with Gasteiger partial charge in [0.25, 0.3) is 0 Å². The maximum Gasteiger partial charge on any atom is 0.239 e. The third-order valence-corrected chi connectivity index (χ3v) is 5.47. The lowest BCUT2D eigenvalue weighted by atomic mass is 9.85. The average molecular weight is 460 g/mol. The Labute approximate surface area is 190 Å². The topological polar surface area (TPSA) is 109 Å². The molecule has 33 heavy (non-hydrogen) atoms. The fourth-order valence-electron chi connectivity index (χ4n) is 3.87. The fraction of sp³-hybridized carbons (Fsp3) is 0.391. The number of ether oxygens (including phenoxy) is 1. The summed E-state index contributed by atoms with van der Waals surface area (Å²) in [6.07, 6.45) is 3.55. The minimum Gasteiger partial charge on any atom is -0.496 e. The van der Waals surface area contributed by atoms with Gasteiger partial charge in [0.05, 0.1) is 19.9 Å². The molecule has 1 heterocycles. The maximum atomic E-state index is 14.5. The van der Waals surface area contributed by atoms with E-state index in [4.69, 9.17) is 4.74 Å². The van der Waals surface area contributed by atoms with E-state index in [1.165, 1.54) is 32.2 Å². The van der Waals surface area contributed by atoms with Crippen molar-refractivity contribution >= 4 is 23.5 Å². The lowest BCUT2D eigenvalue weighted by Crippen LogP contribution is -2.44. The molecule has 1 aromatic carbocycles. The maximum absolute atomic E-state index is 14.5. The first kappa shape index (κ1) is 24.1. The van der Waals surface area contributed by atoms with Gasteiger partial charge in [-0.1, -0.05) is 6.42 Å². The minimum absolute atomic E-state index is 0.113. The van der Waals surface area contributed by atoms with Gasteiger partial charge >= 0.3 is 0 Å². The van der Waals surface area contributed by atoms with E-state index < -0.39 is 11.6 Å². The third kappa shape index (κ3) is 6.47. The van der Waals surface area contributed by atoms with E-state index in [-0.39, 0.29) is 53.4 Å². The number of aromatic nitrogens is 1. The molecular weight excluding hydrogens is 434 g/mol. The Morgan fingerprint density at radius 3 is 2.67 bits per heavy atom. The normalized spacial score (nSPS) is 17.7. The zero-order chi connectivity index (χ0) is 24.0. The van der Waals surface area contributed by atoms with E-state index in [9.17, 15) is 23.2 Å². The first-order valence-electron chi connectivity index (χ1n) is 10.6. The predicted octanol–water partition coefficient (Wildman–Crippen LogP) is 2.79. The monoisotopic (exact) mass is 460 g/mol. The molecule has 176 valence electrons. The summed E-state index contributed by atoms with van der Waals surface area (Å²) in [5.41, 5.74) is 0.442. The Morgan fingerprint density at radius 1 is 1.15 bits per heavy atom. The molecule has 0 aliphatic heterocycles. The number of carbonyl (C=O) groups excluding carboxylic acids is 3. The van der Waals surface area contributed by atoms with Crippen LogP contribution in [0, 0.1) is 17.6 Å². The average Bonchev–Trinajstić information content (AvgIpc) is 2.79. The van der Waals surface area contributed by atoms with Crippen molar-refractivity contribution in [2.75, 3.05) is 19.0 Å².